The van der Waals surface area contributed by atoms with E-state index < -0.39 is 0 Å². The van der Waals surface area contributed by atoms with Crippen molar-refractivity contribution in [3.05, 3.63) is 65.9 Å². The van der Waals surface area contributed by atoms with Crippen molar-refractivity contribution in [3.63, 3.8) is 0 Å². The molecule has 0 unspecified atom stereocenters. The predicted octanol–water partition coefficient (Wildman–Crippen LogP) is 3.58. The minimum absolute atomic E-state index is 0.737. The zero-order valence-electron chi connectivity index (χ0n) is 10.2. The van der Waals surface area contributed by atoms with Crippen molar-refractivity contribution >= 4 is 18.1 Å². The van der Waals surface area contributed by atoms with E-state index in [-0.39, 0.29) is 0 Å². The third-order valence-electron chi connectivity index (χ3n) is 2.31. The highest BCUT2D eigenvalue weighted by Crippen LogP contribution is 2.05. The summed E-state index contributed by atoms with van der Waals surface area (Å²) in [6.07, 6.45) is 5.58. The first-order valence-corrected chi connectivity index (χ1v) is 5.78. The van der Waals surface area contributed by atoms with Crippen LogP contribution in [0.25, 0.3) is 6.08 Å². The number of rotatable bonds is 4. The lowest BCUT2D eigenvalue weighted by Crippen LogP contribution is -1.92. The molecule has 3 heteroatoms. The van der Waals surface area contributed by atoms with Crippen molar-refractivity contribution in [1.82, 2.24) is 4.98 Å². The lowest BCUT2D eigenvalue weighted by molar-refractivity contribution is 1.23. The normalized spacial score (nSPS) is 11.7. The van der Waals surface area contributed by atoms with E-state index >= 15 is 0 Å². The van der Waals surface area contributed by atoms with Gasteiger partial charge in [-0.2, -0.15) is 5.10 Å². The number of nitrogens with one attached hydrogen (secondary N) is 1. The molecule has 0 spiro atoms. The zero-order chi connectivity index (χ0) is 12.6. The van der Waals surface area contributed by atoms with Gasteiger partial charge in [-0.15, -0.1) is 0 Å². The number of hydrogen-bond donors (Lipinski definition) is 1. The van der Waals surface area contributed by atoms with Gasteiger partial charge in [-0.3, -0.25) is 5.43 Å². The number of nitrogens with zero attached hydrogens (tertiary/aromatic N) is 2. The highest BCUT2D eigenvalue weighted by Gasteiger charge is 1.88. The fourth-order valence-electron chi connectivity index (χ4n) is 1.48. The highest BCUT2D eigenvalue weighted by atomic mass is 15.3. The Balaban J connectivity index is 1.95. The van der Waals surface area contributed by atoms with Crippen molar-refractivity contribution in [2.75, 3.05) is 5.43 Å². The quantitative estimate of drug-likeness (QED) is 0.652. The minimum atomic E-state index is 0.737. The summed E-state index contributed by atoms with van der Waals surface area (Å²) < 4.78 is 0. The molecule has 1 aromatic heterocycles. The van der Waals surface area contributed by atoms with Crippen LogP contribution in [0.2, 0.25) is 0 Å². The number of anilines is 1. The summed E-state index contributed by atoms with van der Waals surface area (Å²) in [5.41, 5.74) is 5.12. The number of hydrazone groups is 1. The first kappa shape index (κ1) is 12.0. The van der Waals surface area contributed by atoms with Crippen molar-refractivity contribution in [2.24, 2.45) is 5.10 Å². The number of aromatic nitrogens is 1. The summed E-state index contributed by atoms with van der Waals surface area (Å²) in [7, 11) is 0. The van der Waals surface area contributed by atoms with Crippen LogP contribution in [-0.4, -0.2) is 11.2 Å². The molecule has 0 aliphatic rings. The molecule has 0 aliphatic carbocycles. The highest BCUT2D eigenvalue weighted by molar-refractivity contribution is 5.85. The Labute approximate surface area is 107 Å². The molecule has 2 rings (SSSR count). The molecule has 0 radical (unpaired) electrons. The molecular weight excluding hydrogens is 222 g/mol. The molecule has 1 N–H and O–H groups in total. The molecule has 0 saturated heterocycles. The van der Waals surface area contributed by atoms with Crippen molar-refractivity contribution in [1.29, 1.82) is 0 Å². The molecule has 0 bridgehead atoms. The van der Waals surface area contributed by atoms with Crippen LogP contribution in [0.3, 0.4) is 0 Å². The summed E-state index contributed by atoms with van der Waals surface area (Å²) >= 11 is 0. The minimum Gasteiger partial charge on any atom is -0.261 e. The lowest BCUT2D eigenvalue weighted by atomic mass is 10.1. The van der Waals surface area contributed by atoms with Gasteiger partial charge in [0, 0.05) is 6.20 Å². The van der Waals surface area contributed by atoms with Gasteiger partial charge in [0.2, 0.25) is 0 Å². The molecule has 2 aromatic rings. The van der Waals surface area contributed by atoms with E-state index in [4.69, 9.17) is 0 Å². The molecule has 1 aromatic carbocycles. The Morgan fingerprint density at radius 3 is 2.61 bits per heavy atom. The number of benzene rings is 1. The second-order valence-electron chi connectivity index (χ2n) is 3.88. The van der Waals surface area contributed by atoms with Crippen molar-refractivity contribution in [3.8, 4) is 0 Å². The van der Waals surface area contributed by atoms with Crippen LogP contribution < -0.4 is 5.43 Å². The van der Waals surface area contributed by atoms with E-state index in [0.29, 0.717) is 0 Å². The number of pyridine rings is 1. The first-order chi connectivity index (χ1) is 8.84. The number of hydrogen-bond acceptors (Lipinski definition) is 3. The topological polar surface area (TPSA) is 37.3 Å². The third-order valence-corrected chi connectivity index (χ3v) is 2.31. The van der Waals surface area contributed by atoms with Gasteiger partial charge < -0.3 is 0 Å². The summed E-state index contributed by atoms with van der Waals surface area (Å²) in [4.78, 5) is 4.12. The maximum atomic E-state index is 4.13. The molecule has 0 fully saturated rings. The second kappa shape index (κ2) is 6.35. The molecule has 18 heavy (non-hydrogen) atoms. The van der Waals surface area contributed by atoms with Gasteiger partial charge in [-0.25, -0.2) is 4.98 Å². The smallest absolute Gasteiger partial charge is 0.146 e. The Hall–Kier alpha value is -2.42. The van der Waals surface area contributed by atoms with Crippen molar-refractivity contribution in [2.45, 2.75) is 6.92 Å². The van der Waals surface area contributed by atoms with Crippen LogP contribution in [-0.2, 0) is 0 Å². The van der Waals surface area contributed by atoms with Crippen LogP contribution in [0.15, 0.2) is 65.4 Å². The van der Waals surface area contributed by atoms with Gasteiger partial charge in [-0.1, -0.05) is 42.5 Å². The van der Waals surface area contributed by atoms with Crippen LogP contribution >= 0.6 is 0 Å². The van der Waals surface area contributed by atoms with Crippen LogP contribution in [0.1, 0.15) is 12.5 Å². The molecule has 1 heterocycles. The van der Waals surface area contributed by atoms with Gasteiger partial charge in [0.05, 0.1) is 6.21 Å². The maximum absolute atomic E-state index is 4.13. The zero-order valence-corrected chi connectivity index (χ0v) is 10.2. The summed E-state index contributed by atoms with van der Waals surface area (Å²) in [6.45, 7) is 2.01. The van der Waals surface area contributed by atoms with E-state index in [2.05, 4.69) is 33.7 Å². The van der Waals surface area contributed by atoms with Gasteiger partial charge in [0.1, 0.15) is 5.82 Å². The molecule has 0 aliphatic heterocycles. The van der Waals surface area contributed by atoms with Gasteiger partial charge in [-0.05, 0) is 30.2 Å². The third kappa shape index (κ3) is 3.87. The van der Waals surface area contributed by atoms with E-state index in [1.54, 1.807) is 12.4 Å². The largest absolute Gasteiger partial charge is 0.261 e. The van der Waals surface area contributed by atoms with E-state index in [0.717, 1.165) is 11.4 Å². The second-order valence-corrected chi connectivity index (χ2v) is 3.88. The molecule has 0 atom stereocenters. The number of allylic oxidation sites excluding steroid dienone is 1. The van der Waals surface area contributed by atoms with Gasteiger partial charge in [0.25, 0.3) is 0 Å². The summed E-state index contributed by atoms with van der Waals surface area (Å²) in [5.74, 6) is 0.737. The SMILES string of the molecule is CC(C=NNc1ccccn1)=Cc1ccccc1. The first-order valence-electron chi connectivity index (χ1n) is 5.78. The fraction of sp³-hybridized carbons (Fsp3) is 0.0667. The average Bonchev–Trinajstić information content (AvgIpc) is 2.41. The fourth-order valence-corrected chi connectivity index (χ4v) is 1.48. The monoisotopic (exact) mass is 237 g/mol. The van der Waals surface area contributed by atoms with Gasteiger partial charge in [0.15, 0.2) is 0 Å². The Morgan fingerprint density at radius 1 is 1.11 bits per heavy atom. The van der Waals surface area contributed by atoms with E-state index in [1.807, 2.05) is 43.3 Å². The van der Waals surface area contributed by atoms with E-state index in [1.165, 1.54) is 5.56 Å². The summed E-state index contributed by atoms with van der Waals surface area (Å²) in [6, 6.07) is 15.8. The molecule has 90 valence electrons. The lowest BCUT2D eigenvalue weighted by Gasteiger charge is -1.97. The van der Waals surface area contributed by atoms with Crippen LogP contribution in [0.5, 0.6) is 0 Å². The summed E-state index contributed by atoms with van der Waals surface area (Å²) in [5, 5.41) is 4.13. The van der Waals surface area contributed by atoms with Crippen LogP contribution in [0.4, 0.5) is 5.82 Å². The predicted molar refractivity (Wildman–Crippen MR) is 76.4 cm³/mol. The molecular formula is C15H15N3. The van der Waals surface area contributed by atoms with Crippen molar-refractivity contribution < 1.29 is 0 Å². The molecule has 3 nitrogen and oxygen atoms in total. The Kier molecular flexibility index (Phi) is 4.25. The molecule has 0 amide bonds. The average molecular weight is 237 g/mol. The van der Waals surface area contributed by atoms with Crippen LogP contribution in [0, 0.1) is 0 Å². The Morgan fingerprint density at radius 2 is 1.89 bits per heavy atom. The van der Waals surface area contributed by atoms with E-state index in [9.17, 15) is 0 Å². The standard InChI is InChI=1S/C15H15N3/c1-13(11-14-7-3-2-4-8-14)12-17-18-15-9-5-6-10-16-15/h2-12H,1H3,(H,16,18). The Bertz CT molecular complexity index is 530. The molecule has 0 saturated carbocycles. The maximum Gasteiger partial charge on any atom is 0.146 e. The van der Waals surface area contributed by atoms with Gasteiger partial charge >= 0.3 is 0 Å².